The van der Waals surface area contributed by atoms with E-state index in [1.165, 1.54) is 10.4 Å². The van der Waals surface area contributed by atoms with Gasteiger partial charge < -0.3 is 10.2 Å². The Morgan fingerprint density at radius 1 is 1.17 bits per heavy atom. The molecule has 0 bridgehead atoms. The van der Waals surface area contributed by atoms with Gasteiger partial charge in [0.15, 0.2) is 5.13 Å². The maximum Gasteiger partial charge on any atom is 0.189 e. The lowest BCUT2D eigenvalue weighted by Crippen LogP contribution is -2.25. The van der Waals surface area contributed by atoms with E-state index in [0.29, 0.717) is 0 Å². The fraction of sp³-hybridized carbons (Fsp3) is 0.238. The number of nitrogens with zero attached hydrogens (tertiary/aromatic N) is 5. The van der Waals surface area contributed by atoms with Crippen molar-refractivity contribution in [3.05, 3.63) is 64.6 Å². The molecule has 0 spiro atoms. The van der Waals surface area contributed by atoms with E-state index in [2.05, 4.69) is 42.5 Å². The summed E-state index contributed by atoms with van der Waals surface area (Å²) in [5.41, 5.74) is 5.30. The summed E-state index contributed by atoms with van der Waals surface area (Å²) in [6, 6.07) is 10.1. The molecule has 0 unspecified atom stereocenters. The number of aromatic nitrogens is 5. The van der Waals surface area contributed by atoms with Gasteiger partial charge in [-0.05, 0) is 43.7 Å². The highest BCUT2D eigenvalue weighted by atomic mass is 32.1. The Hall–Kier alpha value is -3.26. The van der Waals surface area contributed by atoms with Crippen molar-refractivity contribution in [2.24, 2.45) is 0 Å². The lowest BCUT2D eigenvalue weighted by molar-refractivity contribution is 0.774. The number of thiazole rings is 1. The molecule has 0 aliphatic carbocycles. The van der Waals surface area contributed by atoms with Gasteiger partial charge in [-0.1, -0.05) is 6.07 Å². The first-order valence-electron chi connectivity index (χ1n) is 9.56. The Balaban J connectivity index is 1.44. The number of pyridine rings is 2. The number of nitrogens with one attached hydrogen (secondary N) is 2. The molecule has 8 heteroatoms. The van der Waals surface area contributed by atoms with Crippen LogP contribution in [0.25, 0.3) is 11.3 Å². The predicted molar refractivity (Wildman–Crippen MR) is 116 cm³/mol. The Kier molecular flexibility index (Phi) is 4.48. The number of rotatable bonds is 4. The summed E-state index contributed by atoms with van der Waals surface area (Å²) < 4.78 is 0. The second-order valence-electron chi connectivity index (χ2n) is 7.19. The third-order valence-corrected chi connectivity index (χ3v) is 5.99. The molecule has 7 nitrogen and oxygen atoms in total. The van der Waals surface area contributed by atoms with E-state index in [-0.39, 0.29) is 0 Å². The van der Waals surface area contributed by atoms with Crippen LogP contribution in [0, 0.1) is 13.8 Å². The number of anilines is 3. The quantitative estimate of drug-likeness (QED) is 0.530. The molecule has 0 fully saturated rings. The third kappa shape index (κ3) is 3.58. The van der Waals surface area contributed by atoms with Crippen molar-refractivity contribution >= 4 is 28.1 Å². The maximum absolute atomic E-state index is 4.88. The van der Waals surface area contributed by atoms with Crippen LogP contribution in [0.4, 0.5) is 16.8 Å². The average Bonchev–Trinajstić information content (AvgIpc) is 3.29. The van der Waals surface area contributed by atoms with Crippen LogP contribution in [0.2, 0.25) is 0 Å². The largest absolute Gasteiger partial charge is 0.352 e. The lowest BCUT2D eigenvalue weighted by Gasteiger charge is -2.22. The van der Waals surface area contributed by atoms with Gasteiger partial charge in [-0.25, -0.2) is 9.97 Å². The van der Waals surface area contributed by atoms with E-state index in [0.717, 1.165) is 58.9 Å². The number of H-pyrrole nitrogens is 1. The molecule has 2 N–H and O–H groups in total. The number of hydrogen-bond acceptors (Lipinski definition) is 7. The highest BCUT2D eigenvalue weighted by Crippen LogP contribution is 2.39. The van der Waals surface area contributed by atoms with Crippen LogP contribution < -0.4 is 10.2 Å². The molecule has 0 atom stereocenters. The summed E-state index contributed by atoms with van der Waals surface area (Å²) in [6.07, 6.45) is 4.67. The second kappa shape index (κ2) is 7.29. The van der Waals surface area contributed by atoms with Crippen molar-refractivity contribution in [1.29, 1.82) is 0 Å². The van der Waals surface area contributed by atoms with Gasteiger partial charge in [0, 0.05) is 42.0 Å². The van der Waals surface area contributed by atoms with Crippen LogP contribution in [-0.4, -0.2) is 31.7 Å². The Morgan fingerprint density at radius 3 is 2.97 bits per heavy atom. The average molecular weight is 404 g/mol. The topological polar surface area (TPSA) is 82.6 Å². The molecule has 146 valence electrons. The molecule has 0 aromatic carbocycles. The molecule has 4 aromatic heterocycles. The fourth-order valence-electron chi connectivity index (χ4n) is 3.63. The van der Waals surface area contributed by atoms with E-state index in [1.54, 1.807) is 11.3 Å². The van der Waals surface area contributed by atoms with Gasteiger partial charge in [-0.15, -0.1) is 11.3 Å². The number of hydrogen-bond donors (Lipinski definition) is 2. The van der Waals surface area contributed by atoms with Gasteiger partial charge in [0.25, 0.3) is 0 Å². The second-order valence-corrected chi connectivity index (χ2v) is 8.27. The van der Waals surface area contributed by atoms with Crippen LogP contribution in [0.15, 0.2) is 42.7 Å². The minimum absolute atomic E-state index is 0.811. The molecule has 5 rings (SSSR count). The first-order chi connectivity index (χ1) is 14.2. The molecule has 4 aromatic rings. The minimum atomic E-state index is 0.811. The summed E-state index contributed by atoms with van der Waals surface area (Å²) in [5.74, 6) is 1.83. The molecular weight excluding hydrogens is 382 g/mol. The van der Waals surface area contributed by atoms with Gasteiger partial charge in [0.05, 0.1) is 17.5 Å². The molecule has 29 heavy (non-hydrogen) atoms. The fourth-order valence-corrected chi connectivity index (χ4v) is 4.60. The predicted octanol–water partition coefficient (Wildman–Crippen LogP) is 4.25. The van der Waals surface area contributed by atoms with E-state index < -0.39 is 0 Å². The van der Waals surface area contributed by atoms with E-state index >= 15 is 0 Å². The summed E-state index contributed by atoms with van der Waals surface area (Å²) in [4.78, 5) is 17.3. The minimum Gasteiger partial charge on any atom is -0.352 e. The van der Waals surface area contributed by atoms with Crippen molar-refractivity contribution in [3.8, 4) is 11.3 Å². The van der Waals surface area contributed by atoms with Gasteiger partial charge in [-0.3, -0.25) is 10.1 Å². The number of aryl methyl sites for hydroxylation is 2. The summed E-state index contributed by atoms with van der Waals surface area (Å²) in [5, 5.41) is 11.7. The normalized spacial score (nSPS) is 13.0. The first kappa shape index (κ1) is 17.8. The molecule has 5 heterocycles. The third-order valence-electron chi connectivity index (χ3n) is 4.95. The van der Waals surface area contributed by atoms with Crippen molar-refractivity contribution in [1.82, 2.24) is 25.1 Å². The maximum atomic E-state index is 4.88. The van der Waals surface area contributed by atoms with Gasteiger partial charge in [0.1, 0.15) is 11.6 Å². The van der Waals surface area contributed by atoms with Crippen LogP contribution in [0.3, 0.4) is 0 Å². The monoisotopic (exact) mass is 403 g/mol. The molecule has 0 saturated heterocycles. The van der Waals surface area contributed by atoms with Gasteiger partial charge >= 0.3 is 0 Å². The number of aromatic amines is 1. The Morgan fingerprint density at radius 2 is 2.10 bits per heavy atom. The zero-order valence-corrected chi connectivity index (χ0v) is 17.1. The lowest BCUT2D eigenvalue weighted by atomic mass is 10.2. The van der Waals surface area contributed by atoms with E-state index in [4.69, 9.17) is 4.98 Å². The van der Waals surface area contributed by atoms with Crippen molar-refractivity contribution in [2.75, 3.05) is 16.8 Å². The van der Waals surface area contributed by atoms with Crippen molar-refractivity contribution < 1.29 is 0 Å². The molecule has 1 aliphatic heterocycles. The van der Waals surface area contributed by atoms with Crippen LogP contribution in [0.1, 0.15) is 21.8 Å². The molecular formula is C21H21N7S. The highest BCUT2D eigenvalue weighted by Gasteiger charge is 2.25. The first-order valence-corrected chi connectivity index (χ1v) is 10.4. The summed E-state index contributed by atoms with van der Waals surface area (Å²) in [6.45, 7) is 5.71. The van der Waals surface area contributed by atoms with Crippen LogP contribution in [-0.2, 0) is 13.0 Å². The molecule has 0 radical (unpaired) electrons. The highest BCUT2D eigenvalue weighted by molar-refractivity contribution is 7.16. The SMILES string of the molecule is Cc1cc(CN2CCc3sc(Nc4cccc(C)n4)nc3-c3cn[nH]c32)ccn1. The number of fused-ring (bicyclic) bond motifs is 3. The van der Waals surface area contributed by atoms with E-state index in [9.17, 15) is 0 Å². The van der Waals surface area contributed by atoms with Crippen molar-refractivity contribution in [3.63, 3.8) is 0 Å². The van der Waals surface area contributed by atoms with Crippen LogP contribution >= 0.6 is 11.3 Å². The smallest absolute Gasteiger partial charge is 0.189 e. The Labute approximate surface area is 172 Å². The molecule has 1 aliphatic rings. The zero-order chi connectivity index (χ0) is 19.8. The Bertz CT molecular complexity index is 1160. The van der Waals surface area contributed by atoms with Crippen LogP contribution in [0.5, 0.6) is 0 Å². The molecule has 0 amide bonds. The summed E-state index contributed by atoms with van der Waals surface area (Å²) in [7, 11) is 0. The van der Waals surface area contributed by atoms with Crippen molar-refractivity contribution in [2.45, 2.75) is 26.8 Å². The molecule has 0 saturated carbocycles. The zero-order valence-electron chi connectivity index (χ0n) is 16.3. The van der Waals surface area contributed by atoms with Gasteiger partial charge in [-0.2, -0.15) is 5.10 Å². The van der Waals surface area contributed by atoms with E-state index in [1.807, 2.05) is 44.4 Å². The standard InChI is InChI=1S/C21H21N7S/c1-13-4-3-5-18(24-13)25-21-26-19-16-11-23-27-20(16)28(9-7-17(19)29-21)12-15-6-8-22-14(2)10-15/h3-6,8,10-11H,7,9,12H2,1-2H3,(H,23,27)(H,24,25,26). The van der Waals surface area contributed by atoms with Gasteiger partial charge in [0.2, 0.25) is 0 Å². The summed E-state index contributed by atoms with van der Waals surface area (Å²) >= 11 is 1.69.